The molecule has 0 saturated carbocycles. The van der Waals surface area contributed by atoms with Crippen molar-refractivity contribution in [1.82, 2.24) is 4.90 Å². The van der Waals surface area contributed by atoms with Crippen LogP contribution in [0.4, 0.5) is 5.69 Å². The van der Waals surface area contributed by atoms with Crippen LogP contribution in [0.2, 0.25) is 5.02 Å². The van der Waals surface area contributed by atoms with Crippen LogP contribution in [0, 0.1) is 5.41 Å². The summed E-state index contributed by atoms with van der Waals surface area (Å²) < 4.78 is 0. The molecule has 0 aromatic heterocycles. The number of rotatable bonds is 1. The lowest BCUT2D eigenvalue weighted by Gasteiger charge is -2.40. The van der Waals surface area contributed by atoms with Crippen LogP contribution in [-0.4, -0.2) is 38.1 Å². The van der Waals surface area contributed by atoms with Crippen LogP contribution < -0.4 is 4.90 Å². The maximum atomic E-state index is 5.94. The Morgan fingerprint density at radius 3 is 2.17 bits per heavy atom. The minimum Gasteiger partial charge on any atom is -0.371 e. The summed E-state index contributed by atoms with van der Waals surface area (Å²) in [4.78, 5) is 4.98. The molecule has 2 nitrogen and oxygen atoms in total. The number of benzene rings is 1. The van der Waals surface area contributed by atoms with Crippen molar-refractivity contribution >= 4 is 17.3 Å². The molecule has 3 rings (SSSR count). The number of anilines is 1. The maximum Gasteiger partial charge on any atom is 0.0407 e. The normalized spacial score (nSPS) is 23.8. The smallest absolute Gasteiger partial charge is 0.0407 e. The van der Waals surface area contributed by atoms with Gasteiger partial charge in [-0.15, -0.1) is 0 Å². The first kappa shape index (κ1) is 12.3. The number of hydrogen-bond donors (Lipinski definition) is 0. The Labute approximate surface area is 115 Å². The molecule has 3 heteroatoms. The van der Waals surface area contributed by atoms with E-state index >= 15 is 0 Å². The molecule has 0 radical (unpaired) electrons. The molecule has 2 aliphatic rings. The zero-order valence-electron chi connectivity index (χ0n) is 11.0. The lowest BCUT2D eigenvalue weighted by Crippen LogP contribution is -2.41. The van der Waals surface area contributed by atoms with E-state index in [9.17, 15) is 0 Å². The quantitative estimate of drug-likeness (QED) is 0.768. The minimum absolute atomic E-state index is 0.609. The maximum absolute atomic E-state index is 5.94. The molecule has 2 fully saturated rings. The van der Waals surface area contributed by atoms with Crippen molar-refractivity contribution < 1.29 is 0 Å². The van der Waals surface area contributed by atoms with E-state index in [1.54, 1.807) is 0 Å². The minimum atomic E-state index is 0.609. The van der Waals surface area contributed by atoms with Gasteiger partial charge in [0.2, 0.25) is 0 Å². The van der Waals surface area contributed by atoms with Crippen LogP contribution in [0.1, 0.15) is 19.3 Å². The van der Waals surface area contributed by atoms with Gasteiger partial charge in [-0.2, -0.15) is 0 Å². The SMILES string of the molecule is CN1CCC2(CCN(c3ccc(Cl)cc3)CC2)C1. The highest BCUT2D eigenvalue weighted by Gasteiger charge is 2.39. The predicted molar refractivity (Wildman–Crippen MR) is 77.4 cm³/mol. The van der Waals surface area contributed by atoms with Crippen molar-refractivity contribution in [2.75, 3.05) is 38.1 Å². The van der Waals surface area contributed by atoms with Gasteiger partial charge < -0.3 is 9.80 Å². The zero-order chi connectivity index (χ0) is 12.6. The van der Waals surface area contributed by atoms with Gasteiger partial charge in [-0.25, -0.2) is 0 Å². The lowest BCUT2D eigenvalue weighted by atomic mass is 9.77. The van der Waals surface area contributed by atoms with Crippen LogP contribution in [0.15, 0.2) is 24.3 Å². The molecular formula is C15H21ClN2. The van der Waals surface area contributed by atoms with Crippen molar-refractivity contribution in [2.45, 2.75) is 19.3 Å². The van der Waals surface area contributed by atoms with Gasteiger partial charge in [0, 0.05) is 30.3 Å². The van der Waals surface area contributed by atoms with Crippen molar-refractivity contribution in [1.29, 1.82) is 0 Å². The zero-order valence-corrected chi connectivity index (χ0v) is 11.8. The van der Waals surface area contributed by atoms with E-state index in [1.165, 1.54) is 51.1 Å². The van der Waals surface area contributed by atoms with Crippen molar-refractivity contribution in [3.8, 4) is 0 Å². The van der Waals surface area contributed by atoms with Gasteiger partial charge in [0.05, 0.1) is 0 Å². The monoisotopic (exact) mass is 264 g/mol. The first-order valence-electron chi connectivity index (χ1n) is 6.86. The van der Waals surface area contributed by atoms with Crippen LogP contribution in [-0.2, 0) is 0 Å². The summed E-state index contributed by atoms with van der Waals surface area (Å²) in [5.74, 6) is 0. The Balaban J connectivity index is 1.65. The van der Waals surface area contributed by atoms with Gasteiger partial charge in [0.25, 0.3) is 0 Å². The Morgan fingerprint density at radius 2 is 1.61 bits per heavy atom. The number of halogens is 1. The van der Waals surface area contributed by atoms with Crippen LogP contribution in [0.25, 0.3) is 0 Å². The molecule has 0 amide bonds. The van der Waals surface area contributed by atoms with Gasteiger partial charge in [0.1, 0.15) is 0 Å². The fourth-order valence-electron chi connectivity index (χ4n) is 3.46. The third-order valence-corrected chi connectivity index (χ3v) is 4.90. The fraction of sp³-hybridized carbons (Fsp3) is 0.600. The summed E-state index contributed by atoms with van der Waals surface area (Å²) in [7, 11) is 2.25. The Morgan fingerprint density at radius 1 is 1.00 bits per heavy atom. The van der Waals surface area contributed by atoms with E-state index in [0.29, 0.717) is 5.41 Å². The molecular weight excluding hydrogens is 244 g/mol. The first-order chi connectivity index (χ1) is 8.67. The van der Waals surface area contributed by atoms with E-state index in [2.05, 4.69) is 29.0 Å². The molecule has 0 atom stereocenters. The first-order valence-corrected chi connectivity index (χ1v) is 7.24. The summed E-state index contributed by atoms with van der Waals surface area (Å²) in [6, 6.07) is 8.26. The van der Waals surface area contributed by atoms with E-state index in [4.69, 9.17) is 11.6 Å². The number of nitrogens with zero attached hydrogens (tertiary/aromatic N) is 2. The van der Waals surface area contributed by atoms with Crippen LogP contribution in [0.3, 0.4) is 0 Å². The van der Waals surface area contributed by atoms with Gasteiger partial charge in [0.15, 0.2) is 0 Å². The molecule has 18 heavy (non-hydrogen) atoms. The van der Waals surface area contributed by atoms with Crippen molar-refractivity contribution in [2.24, 2.45) is 5.41 Å². The average Bonchev–Trinajstić information content (AvgIpc) is 2.73. The molecule has 98 valence electrons. The van der Waals surface area contributed by atoms with Crippen LogP contribution >= 0.6 is 11.6 Å². The van der Waals surface area contributed by atoms with Crippen LogP contribution in [0.5, 0.6) is 0 Å². The second kappa shape index (κ2) is 4.75. The molecule has 2 heterocycles. The molecule has 1 spiro atoms. The summed E-state index contributed by atoms with van der Waals surface area (Å²) in [6.07, 6.45) is 4.05. The highest BCUT2D eigenvalue weighted by Crippen LogP contribution is 2.40. The van der Waals surface area contributed by atoms with Crippen molar-refractivity contribution in [3.63, 3.8) is 0 Å². The van der Waals surface area contributed by atoms with E-state index in [-0.39, 0.29) is 0 Å². The summed E-state index contributed by atoms with van der Waals surface area (Å²) in [5.41, 5.74) is 1.93. The van der Waals surface area contributed by atoms with Crippen molar-refractivity contribution in [3.05, 3.63) is 29.3 Å². The molecule has 2 aliphatic heterocycles. The summed E-state index contributed by atoms with van der Waals surface area (Å²) in [6.45, 7) is 4.95. The third kappa shape index (κ3) is 2.36. The van der Waals surface area contributed by atoms with E-state index in [1.807, 2.05) is 12.1 Å². The largest absolute Gasteiger partial charge is 0.371 e. The number of likely N-dealkylation sites (tertiary alicyclic amines) is 1. The van der Waals surface area contributed by atoms with Gasteiger partial charge in [-0.05, 0) is 62.5 Å². The summed E-state index contributed by atoms with van der Waals surface area (Å²) in [5, 5.41) is 0.824. The molecule has 0 bridgehead atoms. The highest BCUT2D eigenvalue weighted by molar-refractivity contribution is 6.30. The van der Waals surface area contributed by atoms with Gasteiger partial charge >= 0.3 is 0 Å². The predicted octanol–water partition coefficient (Wildman–Crippen LogP) is 3.26. The topological polar surface area (TPSA) is 6.48 Å². The molecule has 1 aromatic carbocycles. The number of piperidine rings is 1. The molecule has 0 aliphatic carbocycles. The Hall–Kier alpha value is -0.730. The molecule has 0 N–H and O–H groups in total. The molecule has 0 unspecified atom stereocenters. The Kier molecular flexibility index (Phi) is 3.25. The van der Waals surface area contributed by atoms with Gasteiger partial charge in [-0.1, -0.05) is 11.6 Å². The van der Waals surface area contributed by atoms with E-state index in [0.717, 1.165) is 5.02 Å². The second-order valence-corrected chi connectivity index (χ2v) is 6.39. The Bertz CT molecular complexity index is 407. The second-order valence-electron chi connectivity index (χ2n) is 5.95. The summed E-state index contributed by atoms with van der Waals surface area (Å²) >= 11 is 5.94. The van der Waals surface area contributed by atoms with E-state index < -0.39 is 0 Å². The molecule has 1 aromatic rings. The fourth-order valence-corrected chi connectivity index (χ4v) is 3.58. The number of hydrogen-bond acceptors (Lipinski definition) is 2. The van der Waals surface area contributed by atoms with Gasteiger partial charge in [-0.3, -0.25) is 0 Å². The highest BCUT2D eigenvalue weighted by atomic mass is 35.5. The lowest BCUT2D eigenvalue weighted by molar-refractivity contribution is 0.222. The molecule has 2 saturated heterocycles. The average molecular weight is 265 g/mol. The standard InChI is InChI=1S/C15H21ClN2/c1-17-9-6-15(12-17)7-10-18(11-8-15)14-4-2-13(16)3-5-14/h2-5H,6-12H2,1H3. The third-order valence-electron chi connectivity index (χ3n) is 4.65.